The Labute approximate surface area is 196 Å². The Hall–Kier alpha value is -3.40. The zero-order valence-electron chi connectivity index (χ0n) is 18.9. The zero-order chi connectivity index (χ0) is 24.0. The van der Waals surface area contributed by atoms with E-state index in [9.17, 15) is 14.9 Å². The van der Waals surface area contributed by atoms with E-state index < -0.39 is 4.92 Å². The number of nitrogens with zero attached hydrogens (tertiary/aromatic N) is 4. The minimum absolute atomic E-state index is 0.0858. The first kappa shape index (κ1) is 24.2. The van der Waals surface area contributed by atoms with Gasteiger partial charge in [-0.15, -0.1) is 10.2 Å². The first-order valence-corrected chi connectivity index (χ1v) is 11.4. The summed E-state index contributed by atoms with van der Waals surface area (Å²) in [6.07, 6.45) is -0.384. The van der Waals surface area contributed by atoms with Crippen molar-refractivity contribution in [2.45, 2.75) is 38.6 Å². The van der Waals surface area contributed by atoms with Crippen molar-refractivity contribution in [3.8, 4) is 11.5 Å². The van der Waals surface area contributed by atoms with Crippen molar-refractivity contribution < 1.29 is 19.2 Å². The molecule has 0 saturated heterocycles. The van der Waals surface area contributed by atoms with Crippen molar-refractivity contribution in [1.29, 1.82) is 0 Å². The van der Waals surface area contributed by atoms with E-state index in [1.54, 1.807) is 19.2 Å². The zero-order valence-corrected chi connectivity index (χ0v) is 19.7. The second kappa shape index (κ2) is 11.0. The average Bonchev–Trinajstić information content (AvgIpc) is 3.19. The number of carbonyl (C=O) groups excluding carboxylic acids is 1. The highest BCUT2D eigenvalue weighted by atomic mass is 32.2. The number of benzene rings is 2. The smallest absolute Gasteiger partial charge is 0.270 e. The molecular formula is C23H26N4O5S. The molecule has 3 aromatic rings. The summed E-state index contributed by atoms with van der Waals surface area (Å²) < 4.78 is 13.3. The third-order valence-corrected chi connectivity index (χ3v) is 5.69. The van der Waals surface area contributed by atoms with Crippen LogP contribution < -0.4 is 9.47 Å². The molecule has 0 fully saturated rings. The van der Waals surface area contributed by atoms with E-state index in [4.69, 9.17) is 9.47 Å². The van der Waals surface area contributed by atoms with Crippen LogP contribution in [0.1, 0.15) is 43.1 Å². The number of hydrogen-bond acceptors (Lipinski definition) is 8. The summed E-state index contributed by atoms with van der Waals surface area (Å²) in [6.45, 7) is 6.71. The van der Waals surface area contributed by atoms with Crippen LogP contribution in [0.4, 0.5) is 5.69 Å². The lowest BCUT2D eigenvalue weighted by Gasteiger charge is -2.18. The second-order valence-electron chi connectivity index (χ2n) is 7.80. The van der Waals surface area contributed by atoms with E-state index in [2.05, 4.69) is 24.0 Å². The summed E-state index contributed by atoms with van der Waals surface area (Å²) in [4.78, 5) is 23.1. The van der Waals surface area contributed by atoms with Crippen LogP contribution in [0, 0.1) is 16.0 Å². The van der Waals surface area contributed by atoms with Crippen molar-refractivity contribution in [3.63, 3.8) is 0 Å². The van der Waals surface area contributed by atoms with Gasteiger partial charge in [-0.2, -0.15) is 0 Å². The van der Waals surface area contributed by atoms with Crippen LogP contribution in [0.2, 0.25) is 0 Å². The van der Waals surface area contributed by atoms with Crippen LogP contribution in [0.5, 0.6) is 11.5 Å². The number of nitro groups is 1. The van der Waals surface area contributed by atoms with E-state index in [-0.39, 0.29) is 23.3 Å². The Morgan fingerprint density at radius 1 is 1.12 bits per heavy atom. The molecule has 1 unspecified atom stereocenters. The molecule has 0 aliphatic rings. The molecule has 0 bridgehead atoms. The predicted octanol–water partition coefficient (Wildman–Crippen LogP) is 4.97. The minimum Gasteiger partial charge on any atom is -0.497 e. The predicted molar refractivity (Wildman–Crippen MR) is 125 cm³/mol. The Morgan fingerprint density at radius 2 is 1.85 bits per heavy atom. The van der Waals surface area contributed by atoms with Crippen molar-refractivity contribution in [2.24, 2.45) is 5.92 Å². The molecule has 3 rings (SSSR count). The van der Waals surface area contributed by atoms with Gasteiger partial charge in [-0.1, -0.05) is 43.8 Å². The van der Waals surface area contributed by atoms with Gasteiger partial charge >= 0.3 is 0 Å². The maximum atomic E-state index is 12.6. The molecule has 10 heteroatoms. The van der Waals surface area contributed by atoms with Gasteiger partial charge in [-0.25, -0.2) is 0 Å². The van der Waals surface area contributed by atoms with Crippen LogP contribution in [-0.2, 0) is 6.54 Å². The van der Waals surface area contributed by atoms with E-state index in [1.807, 2.05) is 29.7 Å². The van der Waals surface area contributed by atoms with Crippen LogP contribution in [0.15, 0.2) is 53.7 Å². The van der Waals surface area contributed by atoms with Crippen LogP contribution >= 0.6 is 11.8 Å². The maximum Gasteiger partial charge on any atom is 0.270 e. The van der Waals surface area contributed by atoms with E-state index in [0.29, 0.717) is 40.5 Å². The number of aromatic nitrogens is 3. The monoisotopic (exact) mass is 470 g/mol. The highest BCUT2D eigenvalue weighted by Crippen LogP contribution is 2.28. The fourth-order valence-electron chi connectivity index (χ4n) is 3.18. The molecule has 0 saturated carbocycles. The number of thioether (sulfide) groups is 1. The number of rotatable bonds is 11. The van der Waals surface area contributed by atoms with Crippen LogP contribution in [-0.4, -0.2) is 38.3 Å². The fraction of sp³-hybridized carbons (Fsp3) is 0.348. The highest BCUT2D eigenvalue weighted by molar-refractivity contribution is 7.99. The molecule has 0 aliphatic carbocycles. The van der Waals surface area contributed by atoms with Crippen molar-refractivity contribution in [3.05, 3.63) is 70.0 Å². The SMILES string of the molecule is COc1cccc(OC(C)c2nnc(SCC(=O)c3cccc([N+](=O)[O-])c3)n2CC(C)C)c1. The topological polar surface area (TPSA) is 109 Å². The number of ketones is 1. The third-order valence-electron chi connectivity index (χ3n) is 4.72. The van der Waals surface area contributed by atoms with E-state index in [1.165, 1.54) is 30.0 Å². The van der Waals surface area contributed by atoms with Gasteiger partial charge < -0.3 is 14.0 Å². The first-order chi connectivity index (χ1) is 15.8. The molecule has 174 valence electrons. The van der Waals surface area contributed by atoms with Crippen molar-refractivity contribution in [1.82, 2.24) is 14.8 Å². The summed E-state index contributed by atoms with van der Waals surface area (Å²) in [5, 5.41) is 20.2. The van der Waals surface area contributed by atoms with Gasteiger partial charge in [0.05, 0.1) is 17.8 Å². The van der Waals surface area contributed by atoms with Crippen LogP contribution in [0.3, 0.4) is 0 Å². The summed E-state index contributed by atoms with van der Waals surface area (Å²) in [5.74, 6) is 2.18. The quantitative estimate of drug-likeness (QED) is 0.167. The summed E-state index contributed by atoms with van der Waals surface area (Å²) in [6, 6.07) is 13.1. The lowest BCUT2D eigenvalue weighted by Crippen LogP contribution is -2.15. The Morgan fingerprint density at radius 3 is 2.55 bits per heavy atom. The molecule has 1 atom stereocenters. The minimum atomic E-state index is -0.515. The number of Topliss-reactive ketones (excluding diaryl/α,β-unsaturated/α-hetero) is 1. The Balaban J connectivity index is 1.76. The third kappa shape index (κ3) is 6.32. The molecule has 9 nitrogen and oxygen atoms in total. The summed E-state index contributed by atoms with van der Waals surface area (Å²) in [5.41, 5.74) is 0.182. The van der Waals surface area contributed by atoms with Gasteiger partial charge in [0.25, 0.3) is 5.69 Å². The van der Waals surface area contributed by atoms with E-state index in [0.717, 1.165) is 0 Å². The Kier molecular flexibility index (Phi) is 8.05. The number of nitro benzene ring substituents is 1. The van der Waals surface area contributed by atoms with Crippen molar-refractivity contribution >= 4 is 23.2 Å². The Bertz CT molecular complexity index is 1130. The fourth-order valence-corrected chi connectivity index (χ4v) is 4.03. The summed E-state index contributed by atoms with van der Waals surface area (Å²) in [7, 11) is 1.60. The molecule has 1 heterocycles. The molecular weight excluding hydrogens is 444 g/mol. The number of non-ortho nitro benzene ring substituents is 1. The lowest BCUT2D eigenvalue weighted by atomic mass is 10.1. The largest absolute Gasteiger partial charge is 0.497 e. The maximum absolute atomic E-state index is 12.6. The molecule has 0 N–H and O–H groups in total. The molecule has 0 amide bonds. The van der Waals surface area contributed by atoms with Crippen LogP contribution in [0.25, 0.3) is 0 Å². The standard InChI is InChI=1S/C23H26N4O5S/c1-15(2)13-26-22(16(3)32-20-10-6-9-19(12-20)31-4)24-25-23(26)33-14-21(28)17-7-5-8-18(11-17)27(29)30/h5-12,15-16H,13-14H2,1-4H3. The van der Waals surface area contributed by atoms with Crippen molar-refractivity contribution in [2.75, 3.05) is 12.9 Å². The van der Waals surface area contributed by atoms with Gasteiger partial charge in [0.1, 0.15) is 11.5 Å². The average molecular weight is 471 g/mol. The lowest BCUT2D eigenvalue weighted by molar-refractivity contribution is -0.384. The van der Waals surface area contributed by atoms with Gasteiger partial charge in [-0.3, -0.25) is 14.9 Å². The summed E-state index contributed by atoms with van der Waals surface area (Å²) >= 11 is 1.25. The highest BCUT2D eigenvalue weighted by Gasteiger charge is 2.22. The van der Waals surface area contributed by atoms with Gasteiger partial charge in [0.2, 0.25) is 0 Å². The van der Waals surface area contributed by atoms with Gasteiger partial charge in [0, 0.05) is 30.3 Å². The molecule has 2 aromatic carbocycles. The van der Waals surface area contributed by atoms with Gasteiger partial charge in [0.15, 0.2) is 22.9 Å². The number of hydrogen-bond donors (Lipinski definition) is 0. The van der Waals surface area contributed by atoms with Gasteiger partial charge in [-0.05, 0) is 25.0 Å². The molecule has 0 aliphatic heterocycles. The number of carbonyl (C=O) groups is 1. The molecule has 0 radical (unpaired) electrons. The normalized spacial score (nSPS) is 11.9. The molecule has 0 spiro atoms. The molecule has 1 aromatic heterocycles. The molecule has 33 heavy (non-hydrogen) atoms. The van der Waals surface area contributed by atoms with E-state index >= 15 is 0 Å². The number of methoxy groups -OCH3 is 1. The first-order valence-electron chi connectivity index (χ1n) is 10.4. The number of ether oxygens (including phenoxy) is 2. The second-order valence-corrected chi connectivity index (χ2v) is 8.75.